The second-order valence-electron chi connectivity index (χ2n) is 7.15. The minimum absolute atomic E-state index is 0.119. The van der Waals surface area contributed by atoms with Crippen LogP contribution in [0.4, 0.5) is 4.79 Å². The third kappa shape index (κ3) is 6.48. The van der Waals surface area contributed by atoms with E-state index in [1.807, 2.05) is 0 Å². The van der Waals surface area contributed by atoms with Crippen LogP contribution in [0.3, 0.4) is 0 Å². The highest BCUT2D eigenvalue weighted by molar-refractivity contribution is 6.03. The Morgan fingerprint density at radius 2 is 1.62 bits per heavy atom. The summed E-state index contributed by atoms with van der Waals surface area (Å²) >= 11 is 0. The first-order valence-electron chi connectivity index (χ1n) is 8.29. The Bertz CT molecular complexity index is 637. The lowest BCUT2D eigenvalue weighted by atomic mass is 9.95. The summed E-state index contributed by atoms with van der Waals surface area (Å²) in [5.41, 5.74) is -1.81. The van der Waals surface area contributed by atoms with Crippen molar-refractivity contribution >= 4 is 17.8 Å². The van der Waals surface area contributed by atoms with Crippen molar-refractivity contribution in [3.8, 4) is 0 Å². The molecule has 0 aromatic heterocycles. The van der Waals surface area contributed by atoms with E-state index in [2.05, 4.69) is 5.32 Å². The van der Waals surface area contributed by atoms with Crippen molar-refractivity contribution in [1.82, 2.24) is 5.32 Å². The Hall–Kier alpha value is -2.41. The Morgan fingerprint density at radius 3 is 2.12 bits per heavy atom. The number of esters is 1. The molecule has 7 nitrogen and oxygen atoms in total. The average molecular weight is 365 g/mol. The highest BCUT2D eigenvalue weighted by Gasteiger charge is 2.39. The van der Waals surface area contributed by atoms with Crippen LogP contribution in [0, 0.1) is 0 Å². The Kier molecular flexibility index (Phi) is 7.32. The number of rotatable bonds is 7. The monoisotopic (exact) mass is 365 g/mol. The molecule has 1 N–H and O–H groups in total. The Balaban J connectivity index is 2.84. The molecule has 0 spiro atoms. The van der Waals surface area contributed by atoms with Gasteiger partial charge in [-0.05, 0) is 34.6 Å². The van der Waals surface area contributed by atoms with E-state index in [4.69, 9.17) is 14.2 Å². The third-order valence-corrected chi connectivity index (χ3v) is 3.35. The number of ketones is 1. The molecule has 26 heavy (non-hydrogen) atoms. The molecular weight excluding hydrogens is 338 g/mol. The van der Waals surface area contributed by atoms with Crippen LogP contribution in [-0.2, 0) is 19.0 Å². The quantitative estimate of drug-likeness (QED) is 0.590. The first kappa shape index (κ1) is 21.6. The maximum Gasteiger partial charge on any atom is 0.408 e. The number of alkyl carbamates (subject to hydrolysis) is 1. The number of Topliss-reactive ketones (excluding diaryl/α,β-unsaturated/α-hetero) is 1. The lowest BCUT2D eigenvalue weighted by Gasteiger charge is -2.29. The van der Waals surface area contributed by atoms with Crippen LogP contribution in [0.15, 0.2) is 30.3 Å². The Morgan fingerprint density at radius 1 is 1.04 bits per heavy atom. The van der Waals surface area contributed by atoms with E-state index in [0.29, 0.717) is 5.56 Å². The third-order valence-electron chi connectivity index (χ3n) is 3.35. The molecule has 0 aliphatic heterocycles. The summed E-state index contributed by atoms with van der Waals surface area (Å²) < 4.78 is 15.6. The van der Waals surface area contributed by atoms with E-state index in [-0.39, 0.29) is 6.61 Å². The van der Waals surface area contributed by atoms with Crippen molar-refractivity contribution in [1.29, 1.82) is 0 Å². The van der Waals surface area contributed by atoms with Crippen LogP contribution >= 0.6 is 0 Å². The number of carbonyl (C=O) groups is 3. The van der Waals surface area contributed by atoms with Crippen molar-refractivity contribution < 1.29 is 28.6 Å². The van der Waals surface area contributed by atoms with Crippen molar-refractivity contribution in [2.45, 2.75) is 51.9 Å². The molecule has 1 amide bonds. The number of carbonyl (C=O) groups excluding carboxylic acids is 3. The van der Waals surface area contributed by atoms with Gasteiger partial charge in [0.05, 0.1) is 6.61 Å². The average Bonchev–Trinajstić information content (AvgIpc) is 2.53. The first-order valence-corrected chi connectivity index (χ1v) is 8.29. The van der Waals surface area contributed by atoms with Crippen LogP contribution in [-0.4, -0.2) is 48.8 Å². The minimum Gasteiger partial charge on any atom is -0.447 e. The molecule has 0 saturated heterocycles. The van der Waals surface area contributed by atoms with E-state index in [1.54, 1.807) is 51.1 Å². The van der Waals surface area contributed by atoms with Crippen LogP contribution in [0.5, 0.6) is 0 Å². The van der Waals surface area contributed by atoms with Gasteiger partial charge < -0.3 is 19.5 Å². The second-order valence-corrected chi connectivity index (χ2v) is 7.15. The van der Waals surface area contributed by atoms with Crippen molar-refractivity contribution in [3.63, 3.8) is 0 Å². The van der Waals surface area contributed by atoms with Gasteiger partial charge in [0.25, 0.3) is 0 Å². The van der Waals surface area contributed by atoms with Crippen LogP contribution in [0.1, 0.15) is 45.0 Å². The fourth-order valence-corrected chi connectivity index (χ4v) is 2.17. The summed E-state index contributed by atoms with van der Waals surface area (Å²) in [5, 5.41) is 2.39. The summed E-state index contributed by atoms with van der Waals surface area (Å²) in [6.45, 7) is 7.94. The van der Waals surface area contributed by atoms with Gasteiger partial charge in [0.2, 0.25) is 5.78 Å². The van der Waals surface area contributed by atoms with Crippen molar-refractivity contribution in [2.24, 2.45) is 0 Å². The maximum absolute atomic E-state index is 12.8. The standard InChI is InChI=1S/C19H27NO6/c1-13(20-17(23)26-18(2,3)4)16(22)25-19(5,12-24-6)15(21)14-10-8-7-9-11-14/h7-11,13H,12H2,1-6H3,(H,20,23)/t13?,19-/m0/s1. The molecule has 2 atom stereocenters. The van der Waals surface area contributed by atoms with Gasteiger partial charge in [-0.25, -0.2) is 9.59 Å². The fourth-order valence-electron chi connectivity index (χ4n) is 2.17. The topological polar surface area (TPSA) is 90.9 Å². The minimum atomic E-state index is -1.52. The molecule has 0 aliphatic rings. The largest absolute Gasteiger partial charge is 0.447 e. The zero-order chi connectivity index (χ0) is 20.0. The summed E-state index contributed by atoms with van der Waals surface area (Å²) in [4.78, 5) is 36.9. The molecule has 0 saturated carbocycles. The van der Waals surface area contributed by atoms with Crippen LogP contribution in [0.25, 0.3) is 0 Å². The van der Waals surface area contributed by atoms with Crippen molar-refractivity contribution in [2.75, 3.05) is 13.7 Å². The predicted molar refractivity (Wildman–Crippen MR) is 96.0 cm³/mol. The molecule has 7 heteroatoms. The first-order chi connectivity index (χ1) is 12.0. The normalized spacial score (nSPS) is 14.7. The predicted octanol–water partition coefficient (Wildman–Crippen LogP) is 2.73. The van der Waals surface area contributed by atoms with Gasteiger partial charge in [0.15, 0.2) is 5.60 Å². The van der Waals surface area contributed by atoms with E-state index in [1.165, 1.54) is 21.0 Å². The molecule has 0 heterocycles. The van der Waals surface area contributed by atoms with Gasteiger partial charge in [-0.2, -0.15) is 0 Å². The molecule has 144 valence electrons. The number of nitrogens with one attached hydrogen (secondary N) is 1. The maximum atomic E-state index is 12.8. The van der Waals surface area contributed by atoms with Crippen LogP contribution < -0.4 is 5.32 Å². The number of hydrogen-bond donors (Lipinski definition) is 1. The zero-order valence-corrected chi connectivity index (χ0v) is 16.1. The molecule has 1 rings (SSSR count). The van der Waals surface area contributed by atoms with E-state index in [0.717, 1.165) is 0 Å². The molecule has 0 radical (unpaired) electrons. The SMILES string of the molecule is COC[C@](C)(OC(=O)C(C)NC(=O)OC(C)(C)C)C(=O)c1ccccc1. The van der Waals surface area contributed by atoms with E-state index >= 15 is 0 Å². The van der Waals surface area contributed by atoms with Gasteiger partial charge in [0, 0.05) is 12.7 Å². The Labute approximate surface area is 154 Å². The van der Waals surface area contributed by atoms with Crippen molar-refractivity contribution in [3.05, 3.63) is 35.9 Å². The summed E-state index contributed by atoms with van der Waals surface area (Å²) in [5.74, 6) is -1.16. The number of hydrogen-bond acceptors (Lipinski definition) is 6. The second kappa shape index (κ2) is 8.80. The van der Waals surface area contributed by atoms with Crippen LogP contribution in [0.2, 0.25) is 0 Å². The number of benzene rings is 1. The zero-order valence-electron chi connectivity index (χ0n) is 16.1. The van der Waals surface area contributed by atoms with E-state index < -0.39 is 35.1 Å². The highest BCUT2D eigenvalue weighted by Crippen LogP contribution is 2.19. The number of methoxy groups -OCH3 is 1. The molecule has 1 aromatic carbocycles. The molecule has 0 aliphatic carbocycles. The van der Waals surface area contributed by atoms with E-state index in [9.17, 15) is 14.4 Å². The van der Waals surface area contributed by atoms with Gasteiger partial charge in [-0.15, -0.1) is 0 Å². The summed E-state index contributed by atoms with van der Waals surface area (Å²) in [6.07, 6.45) is -0.746. The lowest BCUT2D eigenvalue weighted by Crippen LogP contribution is -2.50. The number of amides is 1. The highest BCUT2D eigenvalue weighted by atomic mass is 16.6. The summed E-state index contributed by atoms with van der Waals surface area (Å²) in [7, 11) is 1.41. The molecule has 1 unspecified atom stereocenters. The molecular formula is C19H27NO6. The molecule has 0 fully saturated rings. The van der Waals surface area contributed by atoms with Gasteiger partial charge in [-0.1, -0.05) is 30.3 Å². The fraction of sp³-hybridized carbons (Fsp3) is 0.526. The smallest absolute Gasteiger partial charge is 0.408 e. The van der Waals surface area contributed by atoms with Gasteiger partial charge in [-0.3, -0.25) is 4.79 Å². The van der Waals surface area contributed by atoms with Gasteiger partial charge in [0.1, 0.15) is 11.6 Å². The molecule has 1 aromatic rings. The lowest BCUT2D eigenvalue weighted by molar-refractivity contribution is -0.159. The van der Waals surface area contributed by atoms with Gasteiger partial charge >= 0.3 is 12.1 Å². The summed E-state index contributed by atoms with van der Waals surface area (Å²) in [6, 6.07) is 7.48. The number of ether oxygens (including phenoxy) is 3. The molecule has 0 bridgehead atoms.